The average Bonchev–Trinajstić information content (AvgIpc) is 2.29. The zero-order valence-corrected chi connectivity index (χ0v) is 10.5. The molecule has 0 aliphatic carbocycles. The fourth-order valence-electron chi connectivity index (χ4n) is 1.64. The Balaban J connectivity index is 4.45. The van der Waals surface area contributed by atoms with Crippen LogP contribution in [0.3, 0.4) is 0 Å². The topological polar surface area (TPSA) is 51.2 Å². The highest BCUT2D eigenvalue weighted by Gasteiger charge is 2.30. The maximum Gasteiger partial charge on any atom is 0.150 e. The number of unbranched alkanes of at least 4 members (excludes halogenated alkanes) is 2. The molecule has 3 heteroatoms. The Morgan fingerprint density at radius 2 is 1.31 bits per heavy atom. The Bertz CT molecular complexity index is 240. The highest BCUT2D eigenvalue weighted by atomic mass is 16.2. The summed E-state index contributed by atoms with van der Waals surface area (Å²) in [5, 5.41) is 0. The van der Waals surface area contributed by atoms with Crippen molar-refractivity contribution in [1.29, 1.82) is 0 Å². The van der Waals surface area contributed by atoms with Crippen molar-refractivity contribution < 1.29 is 14.4 Å². The molecule has 92 valence electrons. The predicted octanol–water partition coefficient (Wildman–Crippen LogP) is 2.71. The molecule has 3 nitrogen and oxygen atoms in total. The third-order valence-corrected chi connectivity index (χ3v) is 2.69. The van der Waals surface area contributed by atoms with E-state index in [-0.39, 0.29) is 30.2 Å². The van der Waals surface area contributed by atoms with Crippen LogP contribution in [0.15, 0.2) is 0 Å². The number of hydrogen-bond acceptors (Lipinski definition) is 3. The van der Waals surface area contributed by atoms with Crippen LogP contribution >= 0.6 is 0 Å². The van der Waals surface area contributed by atoms with Gasteiger partial charge in [-0.15, -0.1) is 0 Å². The van der Waals surface area contributed by atoms with Crippen LogP contribution in [0.5, 0.6) is 0 Å². The number of carbonyl (C=O) groups excluding carboxylic acids is 3. The summed E-state index contributed by atoms with van der Waals surface area (Å²) >= 11 is 0. The van der Waals surface area contributed by atoms with Crippen LogP contribution < -0.4 is 0 Å². The zero-order valence-electron chi connectivity index (χ0n) is 10.5. The highest BCUT2D eigenvalue weighted by Crippen LogP contribution is 2.12. The number of rotatable bonds is 9. The first-order valence-corrected chi connectivity index (χ1v) is 6.16. The van der Waals surface area contributed by atoms with Gasteiger partial charge in [0, 0.05) is 19.3 Å². The Labute approximate surface area is 97.6 Å². The molecule has 0 saturated heterocycles. The minimum atomic E-state index is -0.980. The van der Waals surface area contributed by atoms with Crippen LogP contribution in [0.25, 0.3) is 0 Å². The number of carbonyl (C=O) groups is 3. The molecule has 0 heterocycles. The molecule has 0 aromatic carbocycles. The Morgan fingerprint density at radius 3 is 1.69 bits per heavy atom. The van der Waals surface area contributed by atoms with Gasteiger partial charge in [0.05, 0.1) is 0 Å². The second-order valence-electron chi connectivity index (χ2n) is 4.00. The van der Waals surface area contributed by atoms with E-state index in [0.717, 1.165) is 19.3 Å². The van der Waals surface area contributed by atoms with E-state index in [9.17, 15) is 14.4 Å². The largest absolute Gasteiger partial charge is 0.298 e. The molecule has 16 heavy (non-hydrogen) atoms. The first kappa shape index (κ1) is 15.0. The molecule has 0 bridgehead atoms. The van der Waals surface area contributed by atoms with Crippen LogP contribution in [0.1, 0.15) is 59.3 Å². The lowest BCUT2D eigenvalue weighted by Gasteiger charge is -2.11. The summed E-state index contributed by atoms with van der Waals surface area (Å²) in [5.74, 6) is -1.62. The molecular formula is C13H22O3. The summed E-state index contributed by atoms with van der Waals surface area (Å²) in [6, 6.07) is 0. The first-order valence-electron chi connectivity index (χ1n) is 6.16. The number of hydrogen-bond donors (Lipinski definition) is 0. The van der Waals surface area contributed by atoms with E-state index < -0.39 is 5.92 Å². The van der Waals surface area contributed by atoms with E-state index in [0.29, 0.717) is 6.42 Å². The number of ketones is 3. The molecule has 0 aliphatic heterocycles. The predicted molar refractivity (Wildman–Crippen MR) is 63.2 cm³/mol. The summed E-state index contributed by atoms with van der Waals surface area (Å²) in [7, 11) is 0. The third-order valence-electron chi connectivity index (χ3n) is 2.69. The number of Topliss-reactive ketones (excluding diaryl/α,β-unsaturated/α-hetero) is 3. The molecule has 0 rings (SSSR count). The lowest BCUT2D eigenvalue weighted by molar-refractivity contribution is -0.139. The molecule has 0 unspecified atom stereocenters. The molecule has 0 N–H and O–H groups in total. The van der Waals surface area contributed by atoms with Crippen LogP contribution in [0.4, 0.5) is 0 Å². The molecule has 0 spiro atoms. The van der Waals surface area contributed by atoms with Gasteiger partial charge in [-0.25, -0.2) is 0 Å². The van der Waals surface area contributed by atoms with E-state index in [4.69, 9.17) is 0 Å². The van der Waals surface area contributed by atoms with Gasteiger partial charge in [-0.3, -0.25) is 14.4 Å². The first-order chi connectivity index (χ1) is 7.58. The summed E-state index contributed by atoms with van der Waals surface area (Å²) in [6.45, 7) is 5.44. The smallest absolute Gasteiger partial charge is 0.150 e. The molecule has 0 fully saturated rings. The van der Waals surface area contributed by atoms with Crippen LogP contribution in [-0.4, -0.2) is 17.3 Å². The van der Waals surface area contributed by atoms with Crippen molar-refractivity contribution in [1.82, 2.24) is 0 Å². The maximum absolute atomic E-state index is 11.8. The Kier molecular flexibility index (Phi) is 7.69. The van der Waals surface area contributed by atoms with Gasteiger partial charge in [0.25, 0.3) is 0 Å². The molecule has 0 aliphatic rings. The molecule has 0 radical (unpaired) electrons. The van der Waals surface area contributed by atoms with Gasteiger partial charge in [0.15, 0.2) is 17.3 Å². The van der Waals surface area contributed by atoms with Gasteiger partial charge in [-0.1, -0.05) is 33.6 Å². The molecule has 0 amide bonds. The van der Waals surface area contributed by atoms with E-state index in [1.54, 1.807) is 13.8 Å². The average molecular weight is 226 g/mol. The molecule has 0 aromatic heterocycles. The summed E-state index contributed by atoms with van der Waals surface area (Å²) in [4.78, 5) is 34.9. The third kappa shape index (κ3) is 4.69. The fraction of sp³-hybridized carbons (Fsp3) is 0.769. The van der Waals surface area contributed by atoms with Crippen molar-refractivity contribution in [2.24, 2.45) is 5.92 Å². The summed E-state index contributed by atoms with van der Waals surface area (Å²) in [6.07, 6.45) is 3.65. The monoisotopic (exact) mass is 226 g/mol. The quantitative estimate of drug-likeness (QED) is 0.448. The van der Waals surface area contributed by atoms with E-state index in [1.165, 1.54) is 0 Å². The van der Waals surface area contributed by atoms with Crippen LogP contribution in [0.2, 0.25) is 0 Å². The second-order valence-corrected chi connectivity index (χ2v) is 4.00. The molecular weight excluding hydrogens is 204 g/mol. The fourth-order valence-corrected chi connectivity index (χ4v) is 1.64. The van der Waals surface area contributed by atoms with Gasteiger partial charge in [0.2, 0.25) is 0 Å². The summed E-state index contributed by atoms with van der Waals surface area (Å²) < 4.78 is 0. The highest BCUT2D eigenvalue weighted by molar-refractivity contribution is 6.19. The van der Waals surface area contributed by atoms with Crippen LogP contribution in [-0.2, 0) is 14.4 Å². The normalized spacial score (nSPS) is 10.5. The van der Waals surface area contributed by atoms with Gasteiger partial charge < -0.3 is 0 Å². The lowest BCUT2D eigenvalue weighted by Crippen LogP contribution is -2.31. The van der Waals surface area contributed by atoms with Gasteiger partial charge in [-0.2, -0.15) is 0 Å². The van der Waals surface area contributed by atoms with E-state index in [2.05, 4.69) is 6.92 Å². The minimum Gasteiger partial charge on any atom is -0.298 e. The Hall–Kier alpha value is -0.990. The van der Waals surface area contributed by atoms with Gasteiger partial charge >= 0.3 is 0 Å². The Morgan fingerprint density at radius 1 is 0.812 bits per heavy atom. The van der Waals surface area contributed by atoms with Crippen molar-refractivity contribution in [2.45, 2.75) is 59.3 Å². The molecule has 0 atom stereocenters. The minimum absolute atomic E-state index is 0.188. The van der Waals surface area contributed by atoms with Crippen LogP contribution in [0, 0.1) is 5.92 Å². The van der Waals surface area contributed by atoms with E-state index >= 15 is 0 Å². The molecule has 0 aromatic rings. The second kappa shape index (κ2) is 8.20. The van der Waals surface area contributed by atoms with Crippen molar-refractivity contribution in [3.8, 4) is 0 Å². The lowest BCUT2D eigenvalue weighted by atomic mass is 9.89. The van der Waals surface area contributed by atoms with Crippen molar-refractivity contribution in [3.63, 3.8) is 0 Å². The van der Waals surface area contributed by atoms with Crippen molar-refractivity contribution >= 4 is 17.3 Å². The zero-order chi connectivity index (χ0) is 12.6. The van der Waals surface area contributed by atoms with Crippen molar-refractivity contribution in [2.75, 3.05) is 0 Å². The van der Waals surface area contributed by atoms with E-state index in [1.807, 2.05) is 0 Å². The van der Waals surface area contributed by atoms with Gasteiger partial charge in [0.1, 0.15) is 5.92 Å². The SMILES string of the molecule is CCCCCC(=O)C(C(=O)CC)C(=O)CC. The standard InChI is InChI=1S/C13H22O3/c1-4-7-8-9-12(16)13(10(14)5-2)11(15)6-3/h13H,4-9H2,1-3H3. The van der Waals surface area contributed by atoms with Gasteiger partial charge in [-0.05, 0) is 6.42 Å². The van der Waals surface area contributed by atoms with Crippen molar-refractivity contribution in [3.05, 3.63) is 0 Å². The maximum atomic E-state index is 11.8. The summed E-state index contributed by atoms with van der Waals surface area (Å²) in [5.41, 5.74) is 0. The molecule has 0 saturated carbocycles.